The van der Waals surface area contributed by atoms with Crippen LogP contribution in [0.4, 0.5) is 0 Å². The highest BCUT2D eigenvalue weighted by Gasteiger charge is 2.24. The van der Waals surface area contributed by atoms with Gasteiger partial charge in [-0.2, -0.15) is 0 Å². The van der Waals surface area contributed by atoms with Crippen LogP contribution in [0.2, 0.25) is 5.02 Å². The number of hydrogen-bond donors (Lipinski definition) is 3. The van der Waals surface area contributed by atoms with E-state index in [4.69, 9.17) is 11.6 Å². The lowest BCUT2D eigenvalue weighted by Gasteiger charge is -2.21. The number of benzene rings is 2. The first kappa shape index (κ1) is 24.8. The number of rotatable bonds is 9. The zero-order valence-electron chi connectivity index (χ0n) is 17.9. The predicted octanol–water partition coefficient (Wildman–Crippen LogP) is 3.24. The second-order valence-corrected chi connectivity index (χ2v) is 10.2. The van der Waals surface area contributed by atoms with Gasteiger partial charge < -0.3 is 10.6 Å². The lowest BCUT2D eigenvalue weighted by molar-refractivity contribution is -0.121. The van der Waals surface area contributed by atoms with Crippen LogP contribution < -0.4 is 15.4 Å². The zero-order chi connectivity index (χ0) is 23.1. The van der Waals surface area contributed by atoms with E-state index < -0.39 is 15.6 Å². The van der Waals surface area contributed by atoms with Crippen LogP contribution in [-0.4, -0.2) is 32.3 Å². The summed E-state index contributed by atoms with van der Waals surface area (Å²) in [7, 11) is -3.71. The van der Waals surface area contributed by atoms with Crippen LogP contribution in [0.5, 0.6) is 0 Å². The molecule has 0 saturated heterocycles. The highest BCUT2D eigenvalue weighted by atomic mass is 35.5. The summed E-state index contributed by atoms with van der Waals surface area (Å²) in [6, 6.07) is 13.1. The molecule has 0 bridgehead atoms. The highest BCUT2D eigenvalue weighted by Crippen LogP contribution is 2.17. The van der Waals surface area contributed by atoms with E-state index in [0.29, 0.717) is 29.1 Å². The molecular weight excluding hydrogens is 438 g/mol. The topological polar surface area (TPSA) is 104 Å². The fraction of sp³-hybridized carbons (Fsp3) is 0.364. The highest BCUT2D eigenvalue weighted by molar-refractivity contribution is 7.89. The SMILES string of the molecule is CC(C)(C)NS(=O)(=O)c1ccccc1CNC(=O)CCCNC(=O)c1ccc(Cl)cc1. The molecule has 0 fully saturated rings. The summed E-state index contributed by atoms with van der Waals surface area (Å²) < 4.78 is 27.9. The summed E-state index contributed by atoms with van der Waals surface area (Å²) in [6.45, 7) is 5.73. The van der Waals surface area contributed by atoms with Crippen molar-refractivity contribution in [2.75, 3.05) is 6.54 Å². The molecule has 31 heavy (non-hydrogen) atoms. The smallest absolute Gasteiger partial charge is 0.251 e. The summed E-state index contributed by atoms with van der Waals surface area (Å²) >= 11 is 5.80. The van der Waals surface area contributed by atoms with Crippen molar-refractivity contribution >= 4 is 33.4 Å². The van der Waals surface area contributed by atoms with E-state index in [1.54, 1.807) is 63.2 Å². The van der Waals surface area contributed by atoms with Gasteiger partial charge in [-0.05, 0) is 63.1 Å². The van der Waals surface area contributed by atoms with Crippen molar-refractivity contribution < 1.29 is 18.0 Å². The van der Waals surface area contributed by atoms with Crippen molar-refractivity contribution in [1.29, 1.82) is 0 Å². The molecule has 0 atom stereocenters. The number of carbonyl (C=O) groups excluding carboxylic acids is 2. The van der Waals surface area contributed by atoms with Gasteiger partial charge in [0.2, 0.25) is 15.9 Å². The average Bonchev–Trinajstić information content (AvgIpc) is 2.68. The molecule has 0 unspecified atom stereocenters. The number of carbonyl (C=O) groups is 2. The number of nitrogens with one attached hydrogen (secondary N) is 3. The fourth-order valence-corrected chi connectivity index (χ4v) is 4.59. The van der Waals surface area contributed by atoms with Gasteiger partial charge in [-0.25, -0.2) is 13.1 Å². The summed E-state index contributed by atoms with van der Waals surface area (Å²) in [5.74, 6) is -0.459. The maximum absolute atomic E-state index is 12.7. The Bertz CT molecular complexity index is 1020. The minimum absolute atomic E-state index is 0.0944. The van der Waals surface area contributed by atoms with Crippen molar-refractivity contribution in [3.63, 3.8) is 0 Å². The molecule has 2 aromatic rings. The molecule has 0 aromatic heterocycles. The minimum Gasteiger partial charge on any atom is -0.352 e. The van der Waals surface area contributed by atoms with E-state index in [1.807, 2.05) is 0 Å². The van der Waals surface area contributed by atoms with Gasteiger partial charge in [-0.15, -0.1) is 0 Å². The Morgan fingerprint density at radius 2 is 1.61 bits per heavy atom. The monoisotopic (exact) mass is 465 g/mol. The Hall–Kier alpha value is -2.42. The molecule has 0 radical (unpaired) electrons. The molecule has 0 aliphatic rings. The van der Waals surface area contributed by atoms with Crippen LogP contribution in [-0.2, 0) is 21.4 Å². The van der Waals surface area contributed by atoms with Crippen LogP contribution in [0.3, 0.4) is 0 Å². The molecule has 0 saturated carbocycles. The van der Waals surface area contributed by atoms with Gasteiger partial charge in [0, 0.05) is 35.6 Å². The second-order valence-electron chi connectivity index (χ2n) is 8.11. The third-order valence-corrected chi connectivity index (χ3v) is 6.26. The zero-order valence-corrected chi connectivity index (χ0v) is 19.4. The van der Waals surface area contributed by atoms with Crippen LogP contribution in [0.25, 0.3) is 0 Å². The van der Waals surface area contributed by atoms with Crippen molar-refractivity contribution in [2.24, 2.45) is 0 Å². The van der Waals surface area contributed by atoms with E-state index in [0.717, 1.165) is 0 Å². The molecule has 0 aliphatic carbocycles. The van der Waals surface area contributed by atoms with Gasteiger partial charge >= 0.3 is 0 Å². The van der Waals surface area contributed by atoms with Crippen LogP contribution in [0, 0.1) is 0 Å². The van der Waals surface area contributed by atoms with E-state index in [-0.39, 0.29) is 29.7 Å². The first-order valence-corrected chi connectivity index (χ1v) is 11.8. The molecule has 2 rings (SSSR count). The third kappa shape index (κ3) is 8.32. The lowest BCUT2D eigenvalue weighted by Crippen LogP contribution is -2.41. The number of sulfonamides is 1. The summed E-state index contributed by atoms with van der Waals surface area (Å²) in [5.41, 5.74) is 0.380. The Kier molecular flexibility index (Phi) is 8.61. The molecule has 9 heteroatoms. The molecule has 168 valence electrons. The molecule has 0 spiro atoms. The maximum atomic E-state index is 12.7. The third-order valence-electron chi connectivity index (χ3n) is 4.15. The van der Waals surface area contributed by atoms with Crippen molar-refractivity contribution in [2.45, 2.75) is 50.6 Å². The Labute approximate surface area is 188 Å². The number of hydrogen-bond acceptors (Lipinski definition) is 4. The van der Waals surface area contributed by atoms with Crippen molar-refractivity contribution in [3.05, 3.63) is 64.7 Å². The Morgan fingerprint density at radius 1 is 0.968 bits per heavy atom. The Morgan fingerprint density at radius 3 is 2.26 bits per heavy atom. The summed E-state index contributed by atoms with van der Waals surface area (Å²) in [6.07, 6.45) is 0.659. The average molecular weight is 466 g/mol. The molecule has 2 aromatic carbocycles. The van der Waals surface area contributed by atoms with Gasteiger partial charge in [0.15, 0.2) is 0 Å². The van der Waals surface area contributed by atoms with Crippen LogP contribution in [0.15, 0.2) is 53.4 Å². The summed E-state index contributed by atoms with van der Waals surface area (Å²) in [4.78, 5) is 24.3. The standard InChI is InChI=1S/C22H28ClN3O4S/c1-22(2,3)26-31(29,30)19-8-5-4-7-17(19)15-25-20(27)9-6-14-24-21(28)16-10-12-18(23)13-11-16/h4-5,7-8,10-13,26H,6,9,14-15H2,1-3H3,(H,24,28)(H,25,27). The molecule has 0 aliphatic heterocycles. The molecular formula is C22H28ClN3O4S. The first-order valence-electron chi connectivity index (χ1n) is 9.90. The number of halogens is 1. The quantitative estimate of drug-likeness (QED) is 0.494. The van der Waals surface area contributed by atoms with E-state index >= 15 is 0 Å². The van der Waals surface area contributed by atoms with Crippen LogP contribution >= 0.6 is 11.6 Å². The second kappa shape index (κ2) is 10.7. The maximum Gasteiger partial charge on any atom is 0.251 e. The van der Waals surface area contributed by atoms with Gasteiger partial charge in [0.25, 0.3) is 5.91 Å². The van der Waals surface area contributed by atoms with E-state index in [2.05, 4.69) is 15.4 Å². The van der Waals surface area contributed by atoms with Gasteiger partial charge in [-0.3, -0.25) is 9.59 Å². The number of amides is 2. The summed E-state index contributed by atoms with van der Waals surface area (Å²) in [5, 5.41) is 6.04. The molecule has 3 N–H and O–H groups in total. The lowest BCUT2D eigenvalue weighted by atomic mass is 10.1. The minimum atomic E-state index is -3.71. The molecule has 0 heterocycles. The predicted molar refractivity (Wildman–Crippen MR) is 121 cm³/mol. The van der Waals surface area contributed by atoms with Crippen molar-refractivity contribution in [3.8, 4) is 0 Å². The van der Waals surface area contributed by atoms with E-state index in [9.17, 15) is 18.0 Å². The molecule has 2 amide bonds. The van der Waals surface area contributed by atoms with E-state index in [1.165, 1.54) is 6.07 Å². The largest absolute Gasteiger partial charge is 0.352 e. The first-order chi connectivity index (χ1) is 14.5. The van der Waals surface area contributed by atoms with Gasteiger partial charge in [-0.1, -0.05) is 29.8 Å². The van der Waals surface area contributed by atoms with Crippen molar-refractivity contribution in [1.82, 2.24) is 15.4 Å². The van der Waals surface area contributed by atoms with Gasteiger partial charge in [0.1, 0.15) is 0 Å². The fourth-order valence-electron chi connectivity index (χ4n) is 2.81. The molecule has 7 nitrogen and oxygen atoms in total. The Balaban J connectivity index is 1.83. The van der Waals surface area contributed by atoms with Crippen LogP contribution in [0.1, 0.15) is 49.5 Å². The van der Waals surface area contributed by atoms with Gasteiger partial charge in [0.05, 0.1) is 4.90 Å². The normalized spacial score (nSPS) is 11.7.